The Morgan fingerprint density at radius 3 is 2.50 bits per heavy atom. The van der Waals surface area contributed by atoms with E-state index in [-0.39, 0.29) is 6.61 Å². The minimum atomic E-state index is -0.534. The Morgan fingerprint density at radius 1 is 1.32 bits per heavy atom. The molecule has 0 saturated carbocycles. The van der Waals surface area contributed by atoms with Crippen LogP contribution in [0.15, 0.2) is 12.1 Å². The molecule has 5 N–H and O–H groups in total. The second-order valence-corrected chi connectivity index (χ2v) is 5.91. The predicted molar refractivity (Wildman–Crippen MR) is 87.5 cm³/mol. The summed E-state index contributed by atoms with van der Waals surface area (Å²) in [4.78, 5) is 13.2. The van der Waals surface area contributed by atoms with E-state index in [1.807, 2.05) is 20.8 Å². The minimum Gasteiger partial charge on any atom is -0.490 e. The number of amides is 1. The summed E-state index contributed by atoms with van der Waals surface area (Å²) in [6.45, 7) is 6.03. The van der Waals surface area contributed by atoms with Crippen molar-refractivity contribution in [2.75, 3.05) is 31.7 Å². The number of benzene rings is 1. The highest BCUT2D eigenvalue weighted by Gasteiger charge is 2.19. The van der Waals surface area contributed by atoms with Crippen molar-refractivity contribution < 1.29 is 14.3 Å². The molecule has 0 aromatic heterocycles. The molecule has 0 fully saturated rings. The summed E-state index contributed by atoms with van der Waals surface area (Å²) in [5.74, 6) is 0.431. The van der Waals surface area contributed by atoms with Crippen LogP contribution in [0.3, 0.4) is 0 Å². The molecular weight excluding hydrogens is 284 g/mol. The number of hydrogen-bond acceptors (Lipinski definition) is 6. The number of nitrogens with one attached hydrogen (secondary N) is 1. The molecule has 122 valence electrons. The number of nitrogen functional groups attached to an aromatic ring is 2. The quantitative estimate of drug-likeness (QED) is 0.569. The van der Waals surface area contributed by atoms with E-state index in [1.165, 1.54) is 4.90 Å². The third-order valence-electron chi connectivity index (χ3n) is 2.76. The van der Waals surface area contributed by atoms with E-state index in [1.54, 1.807) is 19.2 Å². The largest absolute Gasteiger partial charge is 0.490 e. The number of likely N-dealkylation sites (N-methyl/N-ethyl adjacent to an activating group) is 1. The van der Waals surface area contributed by atoms with E-state index in [9.17, 15) is 4.79 Å². The van der Waals surface area contributed by atoms with Crippen LogP contribution in [0.25, 0.3) is 0 Å². The van der Waals surface area contributed by atoms with Crippen molar-refractivity contribution in [3.8, 4) is 5.75 Å². The Balaban J connectivity index is 2.56. The molecule has 1 amide bonds. The van der Waals surface area contributed by atoms with Gasteiger partial charge in [-0.1, -0.05) is 0 Å². The fourth-order valence-corrected chi connectivity index (χ4v) is 1.60. The smallest absolute Gasteiger partial charge is 0.410 e. The molecule has 1 aromatic rings. The number of anilines is 2. The zero-order valence-corrected chi connectivity index (χ0v) is 13.5. The van der Waals surface area contributed by atoms with E-state index < -0.39 is 11.7 Å². The Bertz CT molecular complexity index is 552. The molecule has 0 heterocycles. The first kappa shape index (κ1) is 17.6. The van der Waals surface area contributed by atoms with Gasteiger partial charge in [0, 0.05) is 30.6 Å². The van der Waals surface area contributed by atoms with Gasteiger partial charge in [0.05, 0.1) is 12.2 Å². The summed E-state index contributed by atoms with van der Waals surface area (Å²) < 4.78 is 10.8. The van der Waals surface area contributed by atoms with E-state index in [0.717, 1.165) is 6.21 Å². The van der Waals surface area contributed by atoms with Gasteiger partial charge in [0.1, 0.15) is 18.0 Å². The van der Waals surface area contributed by atoms with Crippen molar-refractivity contribution in [2.24, 2.45) is 0 Å². The third-order valence-corrected chi connectivity index (χ3v) is 2.76. The van der Waals surface area contributed by atoms with Crippen LogP contribution in [-0.2, 0) is 4.74 Å². The van der Waals surface area contributed by atoms with Gasteiger partial charge in [0.15, 0.2) is 0 Å². The van der Waals surface area contributed by atoms with Crippen molar-refractivity contribution in [3.63, 3.8) is 0 Å². The van der Waals surface area contributed by atoms with Crippen LogP contribution in [0.5, 0.6) is 5.75 Å². The lowest BCUT2D eigenvalue weighted by molar-refractivity contribution is 0.0278. The fourth-order valence-electron chi connectivity index (χ4n) is 1.60. The molecule has 0 aliphatic rings. The Hall–Kier alpha value is -2.44. The SMILES string of the molecule is CN(CCOc1cc(N)c(C=N)cc1N)C(=O)OC(C)(C)C. The lowest BCUT2D eigenvalue weighted by Gasteiger charge is -2.24. The maximum absolute atomic E-state index is 11.8. The molecule has 0 atom stereocenters. The molecular formula is C15H24N4O3. The molecule has 0 aliphatic carbocycles. The molecule has 7 heteroatoms. The van der Waals surface area contributed by atoms with E-state index in [0.29, 0.717) is 29.2 Å². The molecule has 1 rings (SSSR count). The number of carbonyl (C=O) groups is 1. The van der Waals surface area contributed by atoms with E-state index in [2.05, 4.69) is 0 Å². The number of nitrogens with zero attached hydrogens (tertiary/aromatic N) is 1. The Morgan fingerprint density at radius 2 is 1.95 bits per heavy atom. The van der Waals surface area contributed by atoms with Gasteiger partial charge in [-0.3, -0.25) is 0 Å². The van der Waals surface area contributed by atoms with Crippen LogP contribution in [-0.4, -0.2) is 43.0 Å². The van der Waals surface area contributed by atoms with Gasteiger partial charge in [-0.05, 0) is 26.8 Å². The molecule has 0 saturated heterocycles. The Labute approximate surface area is 130 Å². The van der Waals surface area contributed by atoms with Crippen LogP contribution >= 0.6 is 0 Å². The number of nitrogens with two attached hydrogens (primary N) is 2. The molecule has 0 radical (unpaired) electrons. The van der Waals surface area contributed by atoms with E-state index >= 15 is 0 Å². The average molecular weight is 308 g/mol. The summed E-state index contributed by atoms with van der Waals surface area (Å²) in [6, 6.07) is 3.15. The lowest BCUT2D eigenvalue weighted by Crippen LogP contribution is -2.36. The third kappa shape index (κ3) is 5.16. The first-order valence-electron chi connectivity index (χ1n) is 6.90. The second kappa shape index (κ2) is 7.02. The minimum absolute atomic E-state index is 0.253. The standard InChI is InChI=1S/C15H24N4O3/c1-15(2,3)22-14(20)19(4)5-6-21-13-8-11(17)10(9-16)7-12(13)18/h7-9,16H,5-6,17-18H2,1-4H3. The molecule has 0 bridgehead atoms. The fraction of sp³-hybridized carbons (Fsp3) is 0.467. The first-order chi connectivity index (χ1) is 10.1. The summed E-state index contributed by atoms with van der Waals surface area (Å²) in [5, 5.41) is 7.21. The van der Waals surface area contributed by atoms with Crippen LogP contribution in [0.4, 0.5) is 16.2 Å². The molecule has 0 unspecified atom stereocenters. The number of ether oxygens (including phenoxy) is 2. The van der Waals surface area contributed by atoms with Gasteiger partial charge < -0.3 is 31.3 Å². The molecule has 7 nitrogen and oxygen atoms in total. The first-order valence-corrected chi connectivity index (χ1v) is 6.90. The number of rotatable bonds is 5. The molecule has 22 heavy (non-hydrogen) atoms. The molecule has 0 aliphatic heterocycles. The monoisotopic (exact) mass is 308 g/mol. The maximum Gasteiger partial charge on any atom is 0.410 e. The van der Waals surface area contributed by atoms with Crippen LogP contribution in [0.1, 0.15) is 26.3 Å². The normalized spacial score (nSPS) is 10.9. The highest BCUT2D eigenvalue weighted by molar-refractivity contribution is 5.87. The van der Waals surface area contributed by atoms with Crippen LogP contribution in [0.2, 0.25) is 0 Å². The molecule has 0 spiro atoms. The van der Waals surface area contributed by atoms with Crippen molar-refractivity contribution in [1.29, 1.82) is 5.41 Å². The number of hydrogen-bond donors (Lipinski definition) is 3. The summed E-state index contributed by atoms with van der Waals surface area (Å²) in [6.07, 6.45) is 0.717. The van der Waals surface area contributed by atoms with Gasteiger partial charge in [-0.2, -0.15) is 0 Å². The van der Waals surface area contributed by atoms with E-state index in [4.69, 9.17) is 26.4 Å². The summed E-state index contributed by atoms with van der Waals surface area (Å²) >= 11 is 0. The summed E-state index contributed by atoms with van der Waals surface area (Å²) in [7, 11) is 1.63. The van der Waals surface area contributed by atoms with Crippen molar-refractivity contribution in [3.05, 3.63) is 17.7 Å². The highest BCUT2D eigenvalue weighted by atomic mass is 16.6. The lowest BCUT2D eigenvalue weighted by atomic mass is 10.1. The van der Waals surface area contributed by atoms with Gasteiger partial charge in [0.25, 0.3) is 0 Å². The number of carbonyl (C=O) groups excluding carboxylic acids is 1. The predicted octanol–water partition coefficient (Wildman–Crippen LogP) is 2.09. The summed E-state index contributed by atoms with van der Waals surface area (Å²) in [5.41, 5.74) is 12.4. The average Bonchev–Trinajstić information content (AvgIpc) is 2.40. The Kier molecular flexibility index (Phi) is 5.62. The zero-order valence-electron chi connectivity index (χ0n) is 13.5. The van der Waals surface area contributed by atoms with Crippen molar-refractivity contribution in [2.45, 2.75) is 26.4 Å². The second-order valence-electron chi connectivity index (χ2n) is 5.91. The highest BCUT2D eigenvalue weighted by Crippen LogP contribution is 2.26. The topological polar surface area (TPSA) is 115 Å². The van der Waals surface area contributed by atoms with Crippen molar-refractivity contribution in [1.82, 2.24) is 4.90 Å². The molecule has 1 aromatic carbocycles. The van der Waals surface area contributed by atoms with Crippen LogP contribution in [0, 0.1) is 5.41 Å². The van der Waals surface area contributed by atoms with Crippen molar-refractivity contribution >= 4 is 23.7 Å². The van der Waals surface area contributed by atoms with Gasteiger partial charge in [-0.15, -0.1) is 0 Å². The van der Waals surface area contributed by atoms with Gasteiger partial charge in [0.2, 0.25) is 0 Å². The van der Waals surface area contributed by atoms with Crippen LogP contribution < -0.4 is 16.2 Å². The maximum atomic E-state index is 11.8. The van der Waals surface area contributed by atoms with Gasteiger partial charge >= 0.3 is 6.09 Å². The van der Waals surface area contributed by atoms with Gasteiger partial charge in [-0.25, -0.2) is 4.79 Å². The zero-order chi connectivity index (χ0) is 16.9.